The molecular formula is C35H31N3. The number of para-hydroxylation sites is 4. The molecule has 0 fully saturated rings. The largest absolute Gasteiger partial charge is 0.344 e. The molecule has 0 amide bonds. The molecule has 2 heterocycles. The van der Waals surface area contributed by atoms with Gasteiger partial charge < -0.3 is 14.7 Å². The first kappa shape index (κ1) is 22.7. The summed E-state index contributed by atoms with van der Waals surface area (Å²) in [5.41, 5.74) is 13.6. The van der Waals surface area contributed by atoms with Crippen molar-refractivity contribution in [2.24, 2.45) is 0 Å². The monoisotopic (exact) mass is 493 g/mol. The van der Waals surface area contributed by atoms with Gasteiger partial charge in [-0.15, -0.1) is 0 Å². The van der Waals surface area contributed by atoms with Crippen LogP contribution < -0.4 is 14.7 Å². The van der Waals surface area contributed by atoms with Crippen LogP contribution in [0, 0.1) is 0 Å². The molecule has 3 nitrogen and oxygen atoms in total. The number of fused-ring (bicyclic) bond motifs is 4. The molecule has 2 aliphatic rings. The average Bonchev–Trinajstić information content (AvgIpc) is 2.96. The maximum absolute atomic E-state index is 2.37. The quantitative estimate of drug-likeness (QED) is 0.243. The maximum atomic E-state index is 2.37. The van der Waals surface area contributed by atoms with Crippen molar-refractivity contribution in [3.05, 3.63) is 126 Å². The van der Waals surface area contributed by atoms with E-state index in [9.17, 15) is 0 Å². The van der Waals surface area contributed by atoms with Gasteiger partial charge in [0.25, 0.3) is 0 Å². The van der Waals surface area contributed by atoms with Crippen LogP contribution in [0.4, 0.5) is 39.8 Å². The summed E-state index contributed by atoms with van der Waals surface area (Å²) >= 11 is 0. The molecule has 0 aliphatic carbocycles. The first-order valence-electron chi connectivity index (χ1n) is 13.3. The van der Waals surface area contributed by atoms with Crippen LogP contribution in [0.25, 0.3) is 11.1 Å². The molecule has 0 N–H and O–H groups in total. The standard InChI is InChI=1S/C35H31N3/c1-35(2)27-14-8-9-15-29(27)36(3)33-22-24(18-20-28(33)35)25-19-21-32-34(23-25)37(4)30-16-10-11-17-31(30)38(32)26-12-6-5-7-13-26/h5-23H,1-4H3. The normalized spacial score (nSPS) is 14.9. The number of hydrogen-bond acceptors (Lipinski definition) is 3. The van der Waals surface area contributed by atoms with E-state index in [4.69, 9.17) is 0 Å². The van der Waals surface area contributed by atoms with Crippen molar-refractivity contribution < 1.29 is 0 Å². The Morgan fingerprint density at radius 1 is 0.447 bits per heavy atom. The summed E-state index contributed by atoms with van der Waals surface area (Å²) in [5.74, 6) is 0. The van der Waals surface area contributed by atoms with Crippen LogP contribution in [0.5, 0.6) is 0 Å². The lowest BCUT2D eigenvalue weighted by atomic mass is 9.73. The third-order valence-electron chi connectivity index (χ3n) is 8.38. The molecule has 5 aromatic carbocycles. The number of hydrogen-bond donors (Lipinski definition) is 0. The molecule has 0 saturated heterocycles. The minimum absolute atomic E-state index is 0.0487. The third kappa shape index (κ3) is 3.21. The number of benzene rings is 5. The minimum Gasteiger partial charge on any atom is -0.344 e. The van der Waals surface area contributed by atoms with Gasteiger partial charge in [-0.05, 0) is 70.8 Å². The average molecular weight is 494 g/mol. The van der Waals surface area contributed by atoms with Gasteiger partial charge in [-0.25, -0.2) is 0 Å². The Bertz CT molecular complexity index is 1690. The number of nitrogens with zero attached hydrogens (tertiary/aromatic N) is 3. The van der Waals surface area contributed by atoms with Crippen molar-refractivity contribution in [1.82, 2.24) is 0 Å². The SMILES string of the molecule is CN1c2ccccc2N(c2ccccc2)c2ccc(-c3ccc4c(c3)N(C)c3ccccc3C4(C)C)cc21. The van der Waals surface area contributed by atoms with Crippen molar-refractivity contribution in [2.45, 2.75) is 19.3 Å². The molecule has 2 aliphatic heterocycles. The van der Waals surface area contributed by atoms with Gasteiger partial charge in [0.05, 0.1) is 22.7 Å². The van der Waals surface area contributed by atoms with E-state index in [-0.39, 0.29) is 5.41 Å². The summed E-state index contributed by atoms with van der Waals surface area (Å²) < 4.78 is 0. The zero-order chi connectivity index (χ0) is 26.0. The lowest BCUT2D eigenvalue weighted by molar-refractivity contribution is 0.629. The van der Waals surface area contributed by atoms with Crippen molar-refractivity contribution in [3.8, 4) is 11.1 Å². The molecule has 38 heavy (non-hydrogen) atoms. The summed E-state index contributed by atoms with van der Waals surface area (Å²) in [6, 6.07) is 41.9. The molecule has 0 unspecified atom stereocenters. The summed E-state index contributed by atoms with van der Waals surface area (Å²) in [5, 5.41) is 0. The second-order valence-electron chi connectivity index (χ2n) is 10.9. The number of rotatable bonds is 2. The zero-order valence-corrected chi connectivity index (χ0v) is 22.3. The van der Waals surface area contributed by atoms with Gasteiger partial charge in [-0.2, -0.15) is 0 Å². The van der Waals surface area contributed by atoms with Crippen molar-refractivity contribution in [2.75, 3.05) is 28.8 Å². The number of anilines is 7. The molecule has 3 heteroatoms. The molecule has 0 saturated carbocycles. The molecule has 0 aromatic heterocycles. The van der Waals surface area contributed by atoms with E-state index in [1.165, 1.54) is 62.1 Å². The Hall–Kier alpha value is -4.50. The van der Waals surface area contributed by atoms with E-state index in [0.717, 1.165) is 0 Å². The summed E-state index contributed by atoms with van der Waals surface area (Å²) in [6.45, 7) is 4.67. The Kier molecular flexibility index (Phi) is 4.93. The smallest absolute Gasteiger partial charge is 0.0700 e. The van der Waals surface area contributed by atoms with Crippen molar-refractivity contribution in [3.63, 3.8) is 0 Å². The lowest BCUT2D eigenvalue weighted by Gasteiger charge is -2.40. The lowest BCUT2D eigenvalue weighted by Crippen LogP contribution is -2.30. The van der Waals surface area contributed by atoms with Crippen LogP contribution in [0.1, 0.15) is 25.0 Å². The molecule has 0 bridgehead atoms. The van der Waals surface area contributed by atoms with Crippen LogP contribution >= 0.6 is 0 Å². The third-order valence-corrected chi connectivity index (χ3v) is 8.38. The van der Waals surface area contributed by atoms with Crippen molar-refractivity contribution in [1.29, 1.82) is 0 Å². The predicted octanol–water partition coefficient (Wildman–Crippen LogP) is 9.31. The van der Waals surface area contributed by atoms with Gasteiger partial charge in [-0.3, -0.25) is 0 Å². The van der Waals surface area contributed by atoms with Gasteiger partial charge in [0.2, 0.25) is 0 Å². The zero-order valence-electron chi connectivity index (χ0n) is 22.3. The van der Waals surface area contributed by atoms with Crippen LogP contribution in [0.3, 0.4) is 0 Å². The van der Waals surface area contributed by atoms with Gasteiger partial charge in [-0.1, -0.05) is 80.6 Å². The first-order chi connectivity index (χ1) is 18.4. The second kappa shape index (κ2) is 8.26. The molecular weight excluding hydrogens is 462 g/mol. The Balaban J connectivity index is 1.36. The highest BCUT2D eigenvalue weighted by atomic mass is 15.3. The van der Waals surface area contributed by atoms with Gasteiger partial charge >= 0.3 is 0 Å². The van der Waals surface area contributed by atoms with E-state index in [1.807, 2.05) is 0 Å². The van der Waals surface area contributed by atoms with Crippen LogP contribution in [0.15, 0.2) is 115 Å². The Labute approximate surface area is 225 Å². The van der Waals surface area contributed by atoms with Gasteiger partial charge in [0.1, 0.15) is 0 Å². The predicted molar refractivity (Wildman–Crippen MR) is 161 cm³/mol. The summed E-state index contributed by atoms with van der Waals surface area (Å²) in [6.07, 6.45) is 0. The fourth-order valence-corrected chi connectivity index (χ4v) is 6.30. The van der Waals surface area contributed by atoms with E-state index < -0.39 is 0 Å². The van der Waals surface area contributed by atoms with E-state index in [0.29, 0.717) is 0 Å². The second-order valence-corrected chi connectivity index (χ2v) is 10.9. The highest BCUT2D eigenvalue weighted by Gasteiger charge is 2.35. The summed E-state index contributed by atoms with van der Waals surface area (Å²) in [4.78, 5) is 7.03. The molecule has 0 spiro atoms. The molecule has 5 aromatic rings. The van der Waals surface area contributed by atoms with Crippen LogP contribution in [-0.2, 0) is 5.41 Å². The highest BCUT2D eigenvalue weighted by molar-refractivity contribution is 5.99. The molecule has 7 rings (SSSR count). The van der Waals surface area contributed by atoms with Gasteiger partial charge in [0.15, 0.2) is 0 Å². The minimum atomic E-state index is -0.0487. The van der Waals surface area contributed by atoms with Crippen LogP contribution in [0.2, 0.25) is 0 Å². The fourth-order valence-electron chi connectivity index (χ4n) is 6.30. The van der Waals surface area contributed by atoms with E-state index in [2.05, 4.69) is 158 Å². The maximum Gasteiger partial charge on any atom is 0.0700 e. The molecule has 0 radical (unpaired) electrons. The molecule has 186 valence electrons. The summed E-state index contributed by atoms with van der Waals surface area (Å²) in [7, 11) is 4.36. The van der Waals surface area contributed by atoms with E-state index in [1.54, 1.807) is 0 Å². The topological polar surface area (TPSA) is 9.72 Å². The molecule has 0 atom stereocenters. The first-order valence-corrected chi connectivity index (χ1v) is 13.3. The van der Waals surface area contributed by atoms with Crippen molar-refractivity contribution >= 4 is 39.8 Å². The Morgan fingerprint density at radius 2 is 0.974 bits per heavy atom. The van der Waals surface area contributed by atoms with Crippen LogP contribution in [-0.4, -0.2) is 14.1 Å². The fraction of sp³-hybridized carbons (Fsp3) is 0.143. The Morgan fingerprint density at radius 3 is 1.74 bits per heavy atom. The highest BCUT2D eigenvalue weighted by Crippen LogP contribution is 2.52. The van der Waals surface area contributed by atoms with Gasteiger partial charge in [0, 0.05) is 36.6 Å². The van der Waals surface area contributed by atoms with E-state index >= 15 is 0 Å².